The fraction of sp³-hybridized carbons (Fsp3) is 0.231. The zero-order valence-corrected chi connectivity index (χ0v) is 10.9. The Balaban J connectivity index is 2.14. The van der Waals surface area contributed by atoms with E-state index in [4.69, 9.17) is 5.73 Å². The van der Waals surface area contributed by atoms with E-state index in [0.717, 1.165) is 21.4 Å². The van der Waals surface area contributed by atoms with E-state index in [9.17, 15) is 4.79 Å². The largest absolute Gasteiger partial charge is 0.469 e. The van der Waals surface area contributed by atoms with Gasteiger partial charge in [0.15, 0.2) is 0 Å². The van der Waals surface area contributed by atoms with Gasteiger partial charge in [-0.25, -0.2) is 0 Å². The highest BCUT2D eigenvalue weighted by Gasteiger charge is 2.06. The van der Waals surface area contributed by atoms with Crippen molar-refractivity contribution in [3.05, 3.63) is 30.6 Å². The van der Waals surface area contributed by atoms with E-state index in [2.05, 4.69) is 9.72 Å². The van der Waals surface area contributed by atoms with Gasteiger partial charge in [0, 0.05) is 33.8 Å². The van der Waals surface area contributed by atoms with Crippen LogP contribution in [0.4, 0.5) is 5.69 Å². The van der Waals surface area contributed by atoms with E-state index < -0.39 is 0 Å². The van der Waals surface area contributed by atoms with Crippen LogP contribution in [-0.4, -0.2) is 23.8 Å². The number of benzene rings is 1. The van der Waals surface area contributed by atoms with Gasteiger partial charge in [0.05, 0.1) is 19.2 Å². The summed E-state index contributed by atoms with van der Waals surface area (Å²) < 4.78 is 4.60. The number of carbonyl (C=O) groups is 1. The zero-order chi connectivity index (χ0) is 13.0. The molecule has 0 bridgehead atoms. The number of anilines is 1. The predicted octanol–water partition coefficient (Wildman–Crippen LogP) is 2.47. The minimum atomic E-state index is -0.203. The summed E-state index contributed by atoms with van der Waals surface area (Å²) >= 11 is 1.56. The number of ether oxygens (including phenoxy) is 1. The van der Waals surface area contributed by atoms with Crippen LogP contribution in [-0.2, 0) is 9.53 Å². The SMILES string of the molecule is COC(=O)CCSc1ccc2cnccc2c1N. The van der Waals surface area contributed by atoms with Crippen molar-refractivity contribution < 1.29 is 9.53 Å². The van der Waals surface area contributed by atoms with Crippen LogP contribution in [0, 0.1) is 0 Å². The number of fused-ring (bicyclic) bond motifs is 1. The van der Waals surface area contributed by atoms with Crippen LogP contribution in [0.1, 0.15) is 6.42 Å². The van der Waals surface area contributed by atoms with Gasteiger partial charge in [-0.1, -0.05) is 6.07 Å². The van der Waals surface area contributed by atoms with Crippen molar-refractivity contribution in [1.29, 1.82) is 0 Å². The van der Waals surface area contributed by atoms with Crippen LogP contribution >= 0.6 is 11.8 Å². The summed E-state index contributed by atoms with van der Waals surface area (Å²) in [5, 5.41) is 2.01. The molecule has 0 atom stereocenters. The van der Waals surface area contributed by atoms with Crippen LogP contribution in [0.3, 0.4) is 0 Å². The van der Waals surface area contributed by atoms with E-state index in [0.29, 0.717) is 12.2 Å². The minimum absolute atomic E-state index is 0.203. The third-order valence-electron chi connectivity index (χ3n) is 2.61. The lowest BCUT2D eigenvalue weighted by atomic mass is 10.1. The number of pyridine rings is 1. The van der Waals surface area contributed by atoms with Crippen LogP contribution in [0.15, 0.2) is 35.5 Å². The fourth-order valence-electron chi connectivity index (χ4n) is 1.64. The molecule has 18 heavy (non-hydrogen) atoms. The van der Waals surface area contributed by atoms with Gasteiger partial charge in [-0.2, -0.15) is 0 Å². The molecular formula is C13H14N2O2S. The van der Waals surface area contributed by atoms with Crippen molar-refractivity contribution in [2.45, 2.75) is 11.3 Å². The molecule has 0 spiro atoms. The Morgan fingerprint density at radius 2 is 2.28 bits per heavy atom. The summed E-state index contributed by atoms with van der Waals surface area (Å²) in [6, 6.07) is 5.84. The normalized spacial score (nSPS) is 10.5. The molecule has 0 amide bonds. The molecule has 94 valence electrons. The first-order valence-corrected chi connectivity index (χ1v) is 6.52. The molecule has 0 fully saturated rings. The van der Waals surface area contributed by atoms with Crippen molar-refractivity contribution in [3.63, 3.8) is 0 Å². The molecule has 0 unspecified atom stereocenters. The predicted molar refractivity (Wildman–Crippen MR) is 73.5 cm³/mol. The lowest BCUT2D eigenvalue weighted by molar-refractivity contribution is -0.140. The number of carbonyl (C=O) groups excluding carboxylic acids is 1. The zero-order valence-electron chi connectivity index (χ0n) is 10.1. The molecule has 2 N–H and O–H groups in total. The van der Waals surface area contributed by atoms with Crippen molar-refractivity contribution in [3.8, 4) is 0 Å². The number of esters is 1. The third-order valence-corrected chi connectivity index (χ3v) is 3.69. The summed E-state index contributed by atoms with van der Waals surface area (Å²) in [7, 11) is 1.39. The Labute approximate surface area is 110 Å². The number of nitrogens with two attached hydrogens (primary N) is 1. The molecule has 1 aromatic heterocycles. The van der Waals surface area contributed by atoms with Gasteiger partial charge in [-0.3, -0.25) is 9.78 Å². The molecule has 0 aliphatic heterocycles. The number of thioether (sulfide) groups is 1. The Hall–Kier alpha value is -1.75. The van der Waals surface area contributed by atoms with Gasteiger partial charge in [-0.15, -0.1) is 11.8 Å². The summed E-state index contributed by atoms with van der Waals surface area (Å²) in [4.78, 5) is 16.1. The summed E-state index contributed by atoms with van der Waals surface area (Å²) in [5.74, 6) is 0.457. The lowest BCUT2D eigenvalue weighted by Gasteiger charge is -2.08. The number of aromatic nitrogens is 1. The topological polar surface area (TPSA) is 65.2 Å². The van der Waals surface area contributed by atoms with Gasteiger partial charge >= 0.3 is 5.97 Å². The van der Waals surface area contributed by atoms with Crippen molar-refractivity contribution >= 4 is 34.2 Å². The molecule has 0 radical (unpaired) electrons. The Morgan fingerprint density at radius 3 is 3.06 bits per heavy atom. The number of rotatable bonds is 4. The first-order chi connectivity index (χ1) is 8.72. The maximum atomic E-state index is 11.0. The third kappa shape index (κ3) is 2.73. The fourth-order valence-corrected chi connectivity index (χ4v) is 2.56. The highest BCUT2D eigenvalue weighted by atomic mass is 32.2. The number of methoxy groups -OCH3 is 1. The minimum Gasteiger partial charge on any atom is -0.469 e. The summed E-state index contributed by atoms with van der Waals surface area (Å²) in [6.07, 6.45) is 3.89. The number of hydrogen-bond donors (Lipinski definition) is 1. The van der Waals surface area contributed by atoms with Crippen molar-refractivity contribution in [2.75, 3.05) is 18.6 Å². The first kappa shape index (κ1) is 12.7. The second kappa shape index (κ2) is 5.73. The van der Waals surface area contributed by atoms with Gasteiger partial charge in [-0.05, 0) is 12.1 Å². The molecule has 0 saturated heterocycles. The lowest BCUT2D eigenvalue weighted by Crippen LogP contribution is -2.01. The molecule has 1 heterocycles. The standard InChI is InChI=1S/C13H14N2O2S/c1-17-12(16)5-7-18-11-3-2-9-8-15-6-4-10(9)13(11)14/h2-4,6,8H,5,7,14H2,1H3. The second-order valence-electron chi connectivity index (χ2n) is 3.75. The molecule has 2 rings (SSSR count). The van der Waals surface area contributed by atoms with Gasteiger partial charge in [0.1, 0.15) is 0 Å². The van der Waals surface area contributed by atoms with Crippen molar-refractivity contribution in [2.24, 2.45) is 0 Å². The second-order valence-corrected chi connectivity index (χ2v) is 4.89. The summed E-state index contributed by atoms with van der Waals surface area (Å²) in [6.45, 7) is 0. The van der Waals surface area contributed by atoms with Gasteiger partial charge < -0.3 is 10.5 Å². The van der Waals surface area contributed by atoms with Gasteiger partial charge in [0.2, 0.25) is 0 Å². The number of hydrogen-bond acceptors (Lipinski definition) is 5. The maximum absolute atomic E-state index is 11.0. The van der Waals surface area contributed by atoms with Crippen LogP contribution in [0.5, 0.6) is 0 Å². The first-order valence-electron chi connectivity index (χ1n) is 5.54. The monoisotopic (exact) mass is 262 g/mol. The van der Waals surface area contributed by atoms with Crippen molar-refractivity contribution in [1.82, 2.24) is 4.98 Å². The molecule has 0 saturated carbocycles. The highest BCUT2D eigenvalue weighted by Crippen LogP contribution is 2.31. The Bertz CT molecular complexity index is 572. The van der Waals surface area contributed by atoms with Gasteiger partial charge in [0.25, 0.3) is 0 Å². The van der Waals surface area contributed by atoms with Crippen LogP contribution in [0.2, 0.25) is 0 Å². The van der Waals surface area contributed by atoms with E-state index in [1.165, 1.54) is 7.11 Å². The van der Waals surface area contributed by atoms with E-state index in [1.807, 2.05) is 18.2 Å². The highest BCUT2D eigenvalue weighted by molar-refractivity contribution is 7.99. The Morgan fingerprint density at radius 1 is 1.44 bits per heavy atom. The molecule has 0 aliphatic carbocycles. The molecule has 4 nitrogen and oxygen atoms in total. The quantitative estimate of drug-likeness (QED) is 0.521. The van der Waals surface area contributed by atoms with Crippen LogP contribution in [0.25, 0.3) is 10.8 Å². The molecule has 1 aromatic carbocycles. The smallest absolute Gasteiger partial charge is 0.306 e. The van der Waals surface area contributed by atoms with Crippen LogP contribution < -0.4 is 5.73 Å². The molecular weight excluding hydrogens is 248 g/mol. The average Bonchev–Trinajstić information content (AvgIpc) is 2.41. The summed E-state index contributed by atoms with van der Waals surface area (Å²) in [5.41, 5.74) is 6.84. The molecule has 5 heteroatoms. The van der Waals surface area contributed by atoms with E-state index in [1.54, 1.807) is 24.2 Å². The number of nitrogens with zero attached hydrogens (tertiary/aromatic N) is 1. The average molecular weight is 262 g/mol. The molecule has 2 aromatic rings. The Kier molecular flexibility index (Phi) is 4.04. The molecule has 0 aliphatic rings. The maximum Gasteiger partial charge on any atom is 0.306 e. The van der Waals surface area contributed by atoms with E-state index >= 15 is 0 Å². The number of nitrogen functional groups attached to an aromatic ring is 1. The van der Waals surface area contributed by atoms with E-state index in [-0.39, 0.29) is 5.97 Å².